The average molecular weight is 274 g/mol. The first-order valence-corrected chi connectivity index (χ1v) is 6.44. The first-order valence-electron chi connectivity index (χ1n) is 5.69. The molecule has 0 aliphatic carbocycles. The van der Waals surface area contributed by atoms with Crippen LogP contribution in [-0.2, 0) is 11.3 Å². The molecule has 1 aromatic carbocycles. The molecular weight excluding hydrogens is 257 g/mol. The van der Waals surface area contributed by atoms with Crippen molar-refractivity contribution in [2.75, 3.05) is 0 Å². The van der Waals surface area contributed by atoms with E-state index in [1.165, 1.54) is 0 Å². The summed E-state index contributed by atoms with van der Waals surface area (Å²) < 4.78 is 0. The molecule has 0 saturated carbocycles. The number of hydrogen-bond acceptors (Lipinski definition) is 1. The molecule has 0 N–H and O–H groups in total. The predicted molar refractivity (Wildman–Crippen MR) is 72.4 cm³/mol. The monoisotopic (exact) mass is 273 g/mol. The van der Waals surface area contributed by atoms with E-state index in [1.807, 2.05) is 37.8 Å². The zero-order chi connectivity index (χ0) is 13.0. The number of carbonyl (C=O) groups excluding carboxylic acids is 1. The minimum Gasteiger partial charge on any atom is -0.336 e. The van der Waals surface area contributed by atoms with Crippen molar-refractivity contribution in [2.45, 2.75) is 39.8 Å². The molecule has 2 nitrogen and oxygen atoms in total. The Morgan fingerprint density at radius 1 is 1.29 bits per heavy atom. The van der Waals surface area contributed by atoms with Crippen LogP contribution in [0.3, 0.4) is 0 Å². The summed E-state index contributed by atoms with van der Waals surface area (Å²) in [7, 11) is 0. The van der Waals surface area contributed by atoms with Gasteiger partial charge in [0, 0.05) is 19.0 Å². The summed E-state index contributed by atoms with van der Waals surface area (Å²) in [5, 5.41) is 1.06. The maximum Gasteiger partial charge on any atom is 0.222 e. The van der Waals surface area contributed by atoms with Gasteiger partial charge in [0.2, 0.25) is 5.91 Å². The zero-order valence-corrected chi connectivity index (χ0v) is 11.8. The first-order chi connectivity index (χ1) is 7.95. The summed E-state index contributed by atoms with van der Waals surface area (Å²) in [6.07, 6.45) is 0.513. The molecule has 94 valence electrons. The van der Waals surface area contributed by atoms with Gasteiger partial charge >= 0.3 is 0 Å². The first kappa shape index (κ1) is 14.3. The Balaban J connectivity index is 2.86. The number of nitrogens with zero attached hydrogens (tertiary/aromatic N) is 1. The minimum absolute atomic E-state index is 0.145. The molecule has 0 spiro atoms. The fraction of sp³-hybridized carbons (Fsp3) is 0.462. The van der Waals surface area contributed by atoms with E-state index in [-0.39, 0.29) is 11.9 Å². The third-order valence-electron chi connectivity index (χ3n) is 2.58. The van der Waals surface area contributed by atoms with Crippen LogP contribution in [0.2, 0.25) is 10.0 Å². The van der Waals surface area contributed by atoms with Crippen LogP contribution in [0.4, 0.5) is 0 Å². The molecule has 0 atom stereocenters. The van der Waals surface area contributed by atoms with Crippen molar-refractivity contribution in [3.05, 3.63) is 33.8 Å². The number of halogens is 2. The molecule has 1 rings (SSSR count). The van der Waals surface area contributed by atoms with Crippen LogP contribution >= 0.6 is 23.2 Å². The summed E-state index contributed by atoms with van der Waals surface area (Å²) in [5.41, 5.74) is 0.995. The Kier molecular flexibility index (Phi) is 5.29. The fourth-order valence-corrected chi connectivity index (χ4v) is 1.92. The topological polar surface area (TPSA) is 20.3 Å². The second-order valence-corrected chi connectivity index (χ2v) is 5.03. The third-order valence-corrected chi connectivity index (χ3v) is 3.32. The van der Waals surface area contributed by atoms with E-state index in [9.17, 15) is 4.79 Å². The summed E-state index contributed by atoms with van der Waals surface area (Å²) >= 11 is 11.8. The van der Waals surface area contributed by atoms with Gasteiger partial charge in [-0.05, 0) is 31.5 Å². The fourth-order valence-electron chi connectivity index (χ4n) is 1.60. The van der Waals surface area contributed by atoms with Crippen LogP contribution in [0.5, 0.6) is 0 Å². The molecule has 0 fully saturated rings. The normalized spacial score (nSPS) is 10.7. The van der Waals surface area contributed by atoms with Crippen molar-refractivity contribution in [3.8, 4) is 0 Å². The van der Waals surface area contributed by atoms with Gasteiger partial charge in [-0.15, -0.1) is 0 Å². The number of carbonyl (C=O) groups is 1. The maximum atomic E-state index is 11.8. The van der Waals surface area contributed by atoms with Crippen molar-refractivity contribution in [1.82, 2.24) is 4.90 Å². The second-order valence-electron chi connectivity index (χ2n) is 4.22. The third kappa shape index (κ3) is 3.90. The maximum absolute atomic E-state index is 11.8. The Labute approximate surface area is 113 Å². The van der Waals surface area contributed by atoms with E-state index in [1.54, 1.807) is 6.07 Å². The second kappa shape index (κ2) is 6.27. The molecule has 17 heavy (non-hydrogen) atoms. The van der Waals surface area contributed by atoms with E-state index < -0.39 is 0 Å². The lowest BCUT2D eigenvalue weighted by Crippen LogP contribution is -2.35. The van der Waals surface area contributed by atoms with Crippen LogP contribution in [0.25, 0.3) is 0 Å². The molecule has 0 aliphatic heterocycles. The van der Waals surface area contributed by atoms with Gasteiger partial charge in [0.25, 0.3) is 0 Å². The molecule has 1 amide bonds. The largest absolute Gasteiger partial charge is 0.336 e. The minimum atomic E-state index is 0.145. The van der Waals surface area contributed by atoms with Crippen molar-refractivity contribution in [3.63, 3.8) is 0 Å². The van der Waals surface area contributed by atoms with E-state index in [0.717, 1.165) is 5.56 Å². The summed E-state index contributed by atoms with van der Waals surface area (Å²) in [5.74, 6) is 0.145. The van der Waals surface area contributed by atoms with Crippen molar-refractivity contribution in [2.24, 2.45) is 0 Å². The highest BCUT2D eigenvalue weighted by Crippen LogP contribution is 2.23. The number of benzene rings is 1. The van der Waals surface area contributed by atoms with Gasteiger partial charge in [-0.2, -0.15) is 0 Å². The van der Waals surface area contributed by atoms with Gasteiger partial charge in [0.15, 0.2) is 0 Å². The SMILES string of the molecule is CCC(=O)N(Cc1ccc(Cl)c(Cl)c1)C(C)C. The Morgan fingerprint density at radius 3 is 2.41 bits per heavy atom. The smallest absolute Gasteiger partial charge is 0.222 e. The highest BCUT2D eigenvalue weighted by Gasteiger charge is 2.15. The number of hydrogen-bond donors (Lipinski definition) is 0. The zero-order valence-electron chi connectivity index (χ0n) is 10.3. The quantitative estimate of drug-likeness (QED) is 0.808. The van der Waals surface area contributed by atoms with Gasteiger partial charge in [-0.1, -0.05) is 36.2 Å². The molecule has 0 unspecified atom stereocenters. The lowest BCUT2D eigenvalue weighted by molar-refractivity contribution is -0.133. The van der Waals surface area contributed by atoms with E-state index in [2.05, 4.69) is 0 Å². The van der Waals surface area contributed by atoms with Gasteiger partial charge < -0.3 is 4.90 Å². The molecule has 0 heterocycles. The van der Waals surface area contributed by atoms with E-state index >= 15 is 0 Å². The van der Waals surface area contributed by atoms with Crippen molar-refractivity contribution >= 4 is 29.1 Å². The molecule has 0 bridgehead atoms. The summed E-state index contributed by atoms with van der Waals surface area (Å²) in [4.78, 5) is 13.6. The van der Waals surface area contributed by atoms with Gasteiger partial charge in [-0.25, -0.2) is 0 Å². The molecule has 0 aliphatic rings. The highest BCUT2D eigenvalue weighted by molar-refractivity contribution is 6.42. The van der Waals surface area contributed by atoms with Crippen LogP contribution in [-0.4, -0.2) is 16.8 Å². The molecule has 0 saturated heterocycles. The van der Waals surface area contributed by atoms with Crippen LogP contribution in [0.15, 0.2) is 18.2 Å². The number of rotatable bonds is 4. The van der Waals surface area contributed by atoms with Gasteiger partial charge in [0.1, 0.15) is 0 Å². The average Bonchev–Trinajstić information content (AvgIpc) is 2.29. The summed E-state index contributed by atoms with van der Waals surface area (Å²) in [6, 6.07) is 5.64. The molecule has 0 aromatic heterocycles. The molecule has 0 radical (unpaired) electrons. The molecular formula is C13H17Cl2NO. The molecule has 1 aromatic rings. The predicted octanol–water partition coefficient (Wildman–Crippen LogP) is 4.14. The van der Waals surface area contributed by atoms with E-state index in [4.69, 9.17) is 23.2 Å². The Morgan fingerprint density at radius 2 is 1.94 bits per heavy atom. The standard InChI is InChI=1S/C13H17Cl2NO/c1-4-13(17)16(9(2)3)8-10-5-6-11(14)12(15)7-10/h5-7,9H,4,8H2,1-3H3. The van der Waals surface area contributed by atoms with Crippen molar-refractivity contribution in [1.29, 1.82) is 0 Å². The van der Waals surface area contributed by atoms with E-state index in [0.29, 0.717) is 23.0 Å². The lowest BCUT2D eigenvalue weighted by Gasteiger charge is -2.26. The lowest BCUT2D eigenvalue weighted by atomic mass is 10.2. The Hall–Kier alpha value is -0.730. The highest BCUT2D eigenvalue weighted by atomic mass is 35.5. The van der Waals surface area contributed by atoms with Crippen molar-refractivity contribution < 1.29 is 4.79 Å². The van der Waals surface area contributed by atoms with Crippen LogP contribution in [0.1, 0.15) is 32.8 Å². The van der Waals surface area contributed by atoms with Crippen LogP contribution < -0.4 is 0 Å². The van der Waals surface area contributed by atoms with Gasteiger partial charge in [-0.3, -0.25) is 4.79 Å². The van der Waals surface area contributed by atoms with Crippen LogP contribution in [0, 0.1) is 0 Å². The Bertz CT molecular complexity index is 404. The number of amides is 1. The van der Waals surface area contributed by atoms with Gasteiger partial charge in [0.05, 0.1) is 10.0 Å². The molecule has 4 heteroatoms. The summed E-state index contributed by atoms with van der Waals surface area (Å²) in [6.45, 7) is 6.45.